The average Bonchev–Trinajstić information content (AvgIpc) is 2.66. The Kier molecular flexibility index (Phi) is 4.11. The zero-order valence-electron chi connectivity index (χ0n) is 16.2. The van der Waals surface area contributed by atoms with Crippen molar-refractivity contribution < 1.29 is 24.0 Å². The van der Waals surface area contributed by atoms with E-state index in [4.69, 9.17) is 9.47 Å². The standard InChI is InChI=1S/C21H20N2O6/c1-20(2)28-18(24)21(19(25)29-20)12-14-11-15(23(26)27)9-10-16(14)22(3)17(21)13-7-5-4-6-8-13/h4-11,17H,12H2,1-3H3. The van der Waals surface area contributed by atoms with Crippen molar-refractivity contribution in [1.29, 1.82) is 0 Å². The molecule has 2 aromatic rings. The van der Waals surface area contributed by atoms with Crippen LogP contribution >= 0.6 is 0 Å². The zero-order chi connectivity index (χ0) is 21.0. The molecule has 0 radical (unpaired) electrons. The molecular formula is C21H20N2O6. The Balaban J connectivity index is 1.94. The van der Waals surface area contributed by atoms with E-state index in [1.807, 2.05) is 30.3 Å². The number of cyclic esters (lactones) is 2. The number of ether oxygens (including phenoxy) is 2. The van der Waals surface area contributed by atoms with Gasteiger partial charge in [-0.15, -0.1) is 0 Å². The van der Waals surface area contributed by atoms with Gasteiger partial charge < -0.3 is 14.4 Å². The molecule has 1 unspecified atom stereocenters. The minimum Gasteiger partial charge on any atom is -0.422 e. The number of anilines is 1. The summed E-state index contributed by atoms with van der Waals surface area (Å²) in [4.78, 5) is 39.1. The lowest BCUT2D eigenvalue weighted by Gasteiger charge is -2.50. The molecule has 150 valence electrons. The fourth-order valence-corrected chi connectivity index (χ4v) is 4.28. The molecule has 2 aromatic carbocycles. The molecule has 0 aromatic heterocycles. The summed E-state index contributed by atoms with van der Waals surface area (Å²) in [5.41, 5.74) is 0.187. The van der Waals surface area contributed by atoms with Crippen LogP contribution in [0.25, 0.3) is 0 Å². The van der Waals surface area contributed by atoms with E-state index in [9.17, 15) is 19.7 Å². The minimum atomic E-state index is -1.67. The molecule has 2 heterocycles. The smallest absolute Gasteiger partial charge is 0.329 e. The van der Waals surface area contributed by atoms with Crippen LogP contribution in [0.4, 0.5) is 11.4 Å². The number of esters is 2. The van der Waals surface area contributed by atoms with Crippen LogP contribution in [0, 0.1) is 15.5 Å². The molecule has 0 N–H and O–H groups in total. The molecule has 2 aliphatic heterocycles. The van der Waals surface area contributed by atoms with Crippen LogP contribution in [0.5, 0.6) is 0 Å². The van der Waals surface area contributed by atoms with E-state index >= 15 is 0 Å². The molecule has 2 aliphatic rings. The number of carbonyl (C=O) groups is 2. The number of hydrogen-bond donors (Lipinski definition) is 0. The molecular weight excluding hydrogens is 376 g/mol. The number of nitrogens with zero attached hydrogens (tertiary/aromatic N) is 2. The fourth-order valence-electron chi connectivity index (χ4n) is 4.28. The largest absolute Gasteiger partial charge is 0.422 e. The highest BCUT2D eigenvalue weighted by molar-refractivity contribution is 6.04. The van der Waals surface area contributed by atoms with Gasteiger partial charge >= 0.3 is 11.9 Å². The van der Waals surface area contributed by atoms with Crippen LogP contribution in [0.3, 0.4) is 0 Å². The van der Waals surface area contributed by atoms with Gasteiger partial charge in [-0.1, -0.05) is 30.3 Å². The van der Waals surface area contributed by atoms with Gasteiger partial charge in [0.05, 0.1) is 11.0 Å². The second-order valence-electron chi connectivity index (χ2n) is 7.82. The van der Waals surface area contributed by atoms with E-state index in [1.54, 1.807) is 18.0 Å². The highest BCUT2D eigenvalue weighted by Crippen LogP contribution is 2.53. The van der Waals surface area contributed by atoms with E-state index in [-0.39, 0.29) is 12.1 Å². The van der Waals surface area contributed by atoms with E-state index in [0.717, 1.165) is 5.56 Å². The molecule has 0 bridgehead atoms. The van der Waals surface area contributed by atoms with Gasteiger partial charge in [0.15, 0.2) is 5.41 Å². The maximum atomic E-state index is 13.3. The number of nitro groups is 1. The van der Waals surface area contributed by atoms with Gasteiger partial charge in [0, 0.05) is 45.1 Å². The summed E-state index contributed by atoms with van der Waals surface area (Å²) in [5.74, 6) is -2.77. The first-order valence-corrected chi connectivity index (χ1v) is 9.18. The number of hydrogen-bond acceptors (Lipinski definition) is 7. The molecule has 0 saturated carbocycles. The molecule has 0 aliphatic carbocycles. The molecule has 29 heavy (non-hydrogen) atoms. The number of carbonyl (C=O) groups excluding carboxylic acids is 2. The quantitative estimate of drug-likeness (QED) is 0.333. The predicted molar refractivity (Wildman–Crippen MR) is 103 cm³/mol. The van der Waals surface area contributed by atoms with E-state index in [2.05, 4.69) is 0 Å². The second-order valence-corrected chi connectivity index (χ2v) is 7.82. The Bertz CT molecular complexity index is 997. The number of fused-ring (bicyclic) bond motifs is 1. The maximum absolute atomic E-state index is 13.3. The molecule has 8 nitrogen and oxygen atoms in total. The lowest BCUT2D eigenvalue weighted by Crippen LogP contribution is -2.61. The third kappa shape index (κ3) is 2.83. The Morgan fingerprint density at radius 3 is 2.28 bits per heavy atom. The first-order valence-electron chi connectivity index (χ1n) is 9.18. The summed E-state index contributed by atoms with van der Waals surface area (Å²) in [5, 5.41) is 11.2. The number of rotatable bonds is 2. The van der Waals surface area contributed by atoms with Gasteiger partial charge in [0.25, 0.3) is 11.5 Å². The van der Waals surface area contributed by atoms with Crippen molar-refractivity contribution in [1.82, 2.24) is 0 Å². The van der Waals surface area contributed by atoms with Crippen LogP contribution in [-0.4, -0.2) is 29.7 Å². The summed E-state index contributed by atoms with van der Waals surface area (Å²) in [7, 11) is 1.75. The number of non-ortho nitro benzene ring substituents is 1. The van der Waals surface area contributed by atoms with Crippen LogP contribution in [0.2, 0.25) is 0 Å². The third-order valence-electron chi connectivity index (χ3n) is 5.50. The molecule has 8 heteroatoms. The summed E-state index contributed by atoms with van der Waals surface area (Å²) in [6.07, 6.45) is -0.0539. The van der Waals surface area contributed by atoms with Gasteiger partial charge in [0.1, 0.15) is 0 Å². The topological polar surface area (TPSA) is 99.0 Å². The maximum Gasteiger partial charge on any atom is 0.329 e. The summed E-state index contributed by atoms with van der Waals surface area (Å²) in [6.45, 7) is 3.00. The van der Waals surface area contributed by atoms with Crippen molar-refractivity contribution in [3.63, 3.8) is 0 Å². The highest BCUT2D eigenvalue weighted by Gasteiger charge is 2.64. The van der Waals surface area contributed by atoms with Crippen molar-refractivity contribution in [2.24, 2.45) is 5.41 Å². The van der Waals surface area contributed by atoms with Gasteiger partial charge in [0.2, 0.25) is 0 Å². The predicted octanol–water partition coefficient (Wildman–Crippen LogP) is 3.15. The Morgan fingerprint density at radius 1 is 1.07 bits per heavy atom. The van der Waals surface area contributed by atoms with E-state index in [1.165, 1.54) is 26.0 Å². The lowest BCUT2D eigenvalue weighted by atomic mass is 9.68. The van der Waals surface area contributed by atoms with Gasteiger partial charge in [-0.05, 0) is 17.2 Å². The SMILES string of the molecule is CN1c2ccc([N+](=O)[O-])cc2CC2(C(=O)OC(C)(C)OC2=O)C1c1ccccc1. The van der Waals surface area contributed by atoms with Crippen LogP contribution < -0.4 is 4.90 Å². The van der Waals surface area contributed by atoms with Gasteiger partial charge in [-0.2, -0.15) is 0 Å². The summed E-state index contributed by atoms with van der Waals surface area (Å²) in [6, 6.07) is 12.9. The summed E-state index contributed by atoms with van der Waals surface area (Å²) < 4.78 is 11.0. The lowest BCUT2D eigenvalue weighted by molar-refractivity contribution is -0.384. The monoisotopic (exact) mass is 396 g/mol. The average molecular weight is 396 g/mol. The van der Waals surface area contributed by atoms with Crippen molar-refractivity contribution in [2.45, 2.75) is 32.1 Å². The molecule has 1 spiro atoms. The Labute approximate surface area is 167 Å². The highest BCUT2D eigenvalue weighted by atomic mass is 16.7. The second kappa shape index (κ2) is 6.30. The van der Waals surface area contributed by atoms with E-state index in [0.29, 0.717) is 11.3 Å². The van der Waals surface area contributed by atoms with Gasteiger partial charge in [-0.3, -0.25) is 19.7 Å². The normalized spacial score (nSPS) is 21.9. The van der Waals surface area contributed by atoms with Crippen LogP contribution in [-0.2, 0) is 25.5 Å². The summed E-state index contributed by atoms with van der Waals surface area (Å²) >= 11 is 0. The van der Waals surface area contributed by atoms with Crippen LogP contribution in [0.1, 0.15) is 31.0 Å². The Morgan fingerprint density at radius 2 is 1.69 bits per heavy atom. The third-order valence-corrected chi connectivity index (χ3v) is 5.50. The fraction of sp³-hybridized carbons (Fsp3) is 0.333. The number of nitro benzene ring substituents is 1. The number of benzene rings is 2. The Hall–Kier alpha value is -3.42. The minimum absolute atomic E-state index is 0.0539. The molecule has 4 rings (SSSR count). The zero-order valence-corrected chi connectivity index (χ0v) is 16.2. The van der Waals surface area contributed by atoms with Crippen molar-refractivity contribution >= 4 is 23.3 Å². The van der Waals surface area contributed by atoms with E-state index < -0.39 is 34.1 Å². The van der Waals surface area contributed by atoms with Crippen molar-refractivity contribution in [2.75, 3.05) is 11.9 Å². The van der Waals surface area contributed by atoms with Crippen LogP contribution in [0.15, 0.2) is 48.5 Å². The van der Waals surface area contributed by atoms with Gasteiger partial charge in [-0.25, -0.2) is 0 Å². The molecule has 0 amide bonds. The molecule has 1 atom stereocenters. The molecule has 1 fully saturated rings. The van der Waals surface area contributed by atoms with Crippen molar-refractivity contribution in [3.8, 4) is 0 Å². The first-order chi connectivity index (χ1) is 13.7. The first kappa shape index (κ1) is 18.9. The van der Waals surface area contributed by atoms with Crippen molar-refractivity contribution in [3.05, 3.63) is 69.8 Å². The molecule has 1 saturated heterocycles.